The van der Waals surface area contributed by atoms with Crippen molar-refractivity contribution in [1.82, 2.24) is 24.4 Å². The minimum absolute atomic E-state index is 0.204. The average molecular weight is 420 g/mol. The Hall–Kier alpha value is -3.58. The molecule has 6 nitrogen and oxygen atoms in total. The number of benzene rings is 2. The van der Waals surface area contributed by atoms with Gasteiger partial charge in [0.25, 0.3) is 5.56 Å². The van der Waals surface area contributed by atoms with Crippen LogP contribution in [0.4, 0.5) is 4.39 Å². The maximum Gasteiger partial charge on any atom is 0.285 e. The second-order valence-electron chi connectivity index (χ2n) is 6.82. The van der Waals surface area contributed by atoms with Crippen molar-refractivity contribution in [3.8, 4) is 16.8 Å². The highest BCUT2D eigenvalue weighted by Crippen LogP contribution is 2.29. The van der Waals surface area contributed by atoms with Crippen molar-refractivity contribution < 1.29 is 4.39 Å². The average Bonchev–Trinajstić information content (AvgIpc) is 3.14. The second kappa shape index (κ2) is 7.03. The van der Waals surface area contributed by atoms with E-state index in [0.29, 0.717) is 28.3 Å². The molecule has 0 aliphatic heterocycles. The van der Waals surface area contributed by atoms with Crippen molar-refractivity contribution in [1.29, 1.82) is 0 Å². The zero-order valence-corrected chi connectivity index (χ0v) is 16.6. The van der Waals surface area contributed by atoms with Crippen LogP contribution in [0.5, 0.6) is 0 Å². The second-order valence-corrected chi connectivity index (χ2v) is 7.26. The molecule has 0 N–H and O–H groups in total. The molecular formula is C22H15ClFN5O. The van der Waals surface area contributed by atoms with Gasteiger partial charge in [-0.3, -0.25) is 9.36 Å². The molecule has 3 aromatic heterocycles. The molecule has 5 rings (SSSR count). The van der Waals surface area contributed by atoms with Gasteiger partial charge in [0.05, 0.1) is 11.3 Å². The van der Waals surface area contributed by atoms with Gasteiger partial charge in [-0.05, 0) is 54.4 Å². The number of aryl methyl sites for hydroxylation is 1. The number of hydrogen-bond acceptors (Lipinski definition) is 4. The normalized spacial score (nSPS) is 11.4. The first-order valence-corrected chi connectivity index (χ1v) is 9.76. The van der Waals surface area contributed by atoms with Gasteiger partial charge >= 0.3 is 0 Å². The van der Waals surface area contributed by atoms with Crippen molar-refractivity contribution >= 4 is 28.3 Å². The van der Waals surface area contributed by atoms with Crippen LogP contribution in [0.15, 0.2) is 65.6 Å². The Morgan fingerprint density at radius 3 is 2.43 bits per heavy atom. The fourth-order valence-corrected chi connectivity index (χ4v) is 3.68. The molecule has 3 heterocycles. The summed E-state index contributed by atoms with van der Waals surface area (Å²) in [6.45, 7) is 1.98. The standard InChI is InChI=1S/C22H15ClFN5O/c1-2-17-19(13-3-7-15(24)8-4-13)21-26-25-20-18(29(21)27-17)11-12-28(22(20)30)16-9-5-14(23)6-10-16/h3-12H,2H2,1H3. The lowest BCUT2D eigenvalue weighted by Gasteiger charge is -2.07. The maximum absolute atomic E-state index is 13.4. The number of aromatic nitrogens is 5. The number of fused-ring (bicyclic) bond motifs is 3. The third-order valence-electron chi connectivity index (χ3n) is 5.02. The molecule has 0 aliphatic carbocycles. The topological polar surface area (TPSA) is 65.1 Å². The van der Waals surface area contributed by atoms with Crippen molar-refractivity contribution in [2.24, 2.45) is 0 Å². The third-order valence-corrected chi connectivity index (χ3v) is 5.28. The van der Waals surface area contributed by atoms with Gasteiger partial charge in [-0.15, -0.1) is 10.2 Å². The largest absolute Gasteiger partial charge is 0.285 e. The summed E-state index contributed by atoms with van der Waals surface area (Å²) >= 11 is 5.95. The summed E-state index contributed by atoms with van der Waals surface area (Å²) in [5, 5.41) is 13.8. The Bertz CT molecular complexity index is 1460. The lowest BCUT2D eigenvalue weighted by Crippen LogP contribution is -2.20. The summed E-state index contributed by atoms with van der Waals surface area (Å²) in [6.07, 6.45) is 2.33. The minimum atomic E-state index is -0.312. The first kappa shape index (κ1) is 18.4. The van der Waals surface area contributed by atoms with E-state index in [2.05, 4.69) is 15.3 Å². The molecule has 8 heteroatoms. The Morgan fingerprint density at radius 2 is 1.73 bits per heavy atom. The van der Waals surface area contributed by atoms with Crippen LogP contribution in [0.25, 0.3) is 33.5 Å². The maximum atomic E-state index is 13.4. The molecule has 0 spiro atoms. The number of hydrogen-bond donors (Lipinski definition) is 0. The van der Waals surface area contributed by atoms with Crippen LogP contribution in [0.2, 0.25) is 5.02 Å². The molecule has 148 valence electrons. The van der Waals surface area contributed by atoms with Crippen molar-refractivity contribution in [2.75, 3.05) is 0 Å². The number of nitrogens with zero attached hydrogens (tertiary/aromatic N) is 5. The molecule has 2 aromatic carbocycles. The molecule has 0 saturated carbocycles. The van der Waals surface area contributed by atoms with Crippen molar-refractivity contribution in [3.05, 3.63) is 87.7 Å². The van der Waals surface area contributed by atoms with Crippen LogP contribution in [0, 0.1) is 5.82 Å². The summed E-state index contributed by atoms with van der Waals surface area (Å²) in [4.78, 5) is 13.1. The fourth-order valence-electron chi connectivity index (χ4n) is 3.56. The third kappa shape index (κ3) is 2.86. The molecule has 0 aliphatic rings. The van der Waals surface area contributed by atoms with Gasteiger partial charge < -0.3 is 0 Å². The summed E-state index contributed by atoms with van der Waals surface area (Å²) < 4.78 is 16.5. The van der Waals surface area contributed by atoms with E-state index < -0.39 is 0 Å². The Labute approximate surface area is 175 Å². The predicted octanol–water partition coefficient (Wildman–Crippen LogP) is 4.45. The van der Waals surface area contributed by atoms with Crippen LogP contribution < -0.4 is 5.56 Å². The van der Waals surface area contributed by atoms with E-state index in [0.717, 1.165) is 16.8 Å². The molecule has 0 fully saturated rings. The lowest BCUT2D eigenvalue weighted by molar-refractivity contribution is 0.628. The number of pyridine rings is 1. The minimum Gasteiger partial charge on any atom is -0.282 e. The first-order valence-electron chi connectivity index (χ1n) is 9.38. The Morgan fingerprint density at radius 1 is 1.00 bits per heavy atom. The van der Waals surface area contributed by atoms with Crippen molar-refractivity contribution in [3.63, 3.8) is 0 Å². The summed E-state index contributed by atoms with van der Waals surface area (Å²) in [5.74, 6) is -0.312. The van der Waals surface area contributed by atoms with E-state index in [-0.39, 0.29) is 16.9 Å². The van der Waals surface area contributed by atoms with Gasteiger partial charge in [0, 0.05) is 16.9 Å². The smallest absolute Gasteiger partial charge is 0.282 e. The number of halogens is 2. The van der Waals surface area contributed by atoms with Crippen LogP contribution >= 0.6 is 11.6 Å². The van der Waals surface area contributed by atoms with Gasteiger partial charge in [-0.25, -0.2) is 8.91 Å². The van der Waals surface area contributed by atoms with Crippen molar-refractivity contribution in [2.45, 2.75) is 13.3 Å². The van der Waals surface area contributed by atoms with E-state index in [1.165, 1.54) is 16.7 Å². The quantitative estimate of drug-likeness (QED) is 0.433. The molecule has 0 atom stereocenters. The number of rotatable bonds is 3. The molecular weight excluding hydrogens is 405 g/mol. The van der Waals surface area contributed by atoms with Crippen LogP contribution in [-0.4, -0.2) is 24.4 Å². The molecule has 0 bridgehead atoms. The Balaban J connectivity index is 1.76. The van der Waals surface area contributed by atoms with Crippen LogP contribution in [0.1, 0.15) is 12.6 Å². The van der Waals surface area contributed by atoms with Crippen LogP contribution in [-0.2, 0) is 6.42 Å². The van der Waals surface area contributed by atoms with Gasteiger partial charge in [0.15, 0.2) is 11.2 Å². The zero-order chi connectivity index (χ0) is 20.8. The lowest BCUT2D eigenvalue weighted by atomic mass is 10.0. The molecule has 0 unspecified atom stereocenters. The van der Waals surface area contributed by atoms with Gasteiger partial charge in [-0.1, -0.05) is 30.7 Å². The van der Waals surface area contributed by atoms with E-state index >= 15 is 0 Å². The van der Waals surface area contributed by atoms with Gasteiger partial charge in [-0.2, -0.15) is 5.10 Å². The summed E-state index contributed by atoms with van der Waals surface area (Å²) in [5.41, 5.74) is 4.03. The summed E-state index contributed by atoms with van der Waals surface area (Å²) in [6, 6.07) is 14.9. The van der Waals surface area contributed by atoms with E-state index in [4.69, 9.17) is 11.6 Å². The highest BCUT2D eigenvalue weighted by molar-refractivity contribution is 6.30. The first-order chi connectivity index (χ1) is 14.6. The zero-order valence-electron chi connectivity index (χ0n) is 15.9. The molecule has 5 aromatic rings. The monoisotopic (exact) mass is 419 g/mol. The Kier molecular flexibility index (Phi) is 4.33. The van der Waals surface area contributed by atoms with Gasteiger partial charge in [0.1, 0.15) is 11.3 Å². The fraction of sp³-hybridized carbons (Fsp3) is 0.0909. The van der Waals surface area contributed by atoms with E-state index in [1.54, 1.807) is 53.2 Å². The molecule has 0 saturated heterocycles. The highest BCUT2D eigenvalue weighted by Gasteiger charge is 2.19. The van der Waals surface area contributed by atoms with E-state index in [9.17, 15) is 9.18 Å². The molecule has 30 heavy (non-hydrogen) atoms. The molecule has 0 radical (unpaired) electrons. The van der Waals surface area contributed by atoms with Crippen LogP contribution in [0.3, 0.4) is 0 Å². The predicted molar refractivity (Wildman–Crippen MR) is 114 cm³/mol. The summed E-state index contributed by atoms with van der Waals surface area (Å²) in [7, 11) is 0. The van der Waals surface area contributed by atoms with E-state index in [1.807, 2.05) is 6.92 Å². The SMILES string of the molecule is CCc1nn2c(nnc3c(=O)n(-c4ccc(Cl)cc4)ccc32)c1-c1ccc(F)cc1. The van der Waals surface area contributed by atoms with Gasteiger partial charge in [0.2, 0.25) is 0 Å². The molecule has 0 amide bonds. The highest BCUT2D eigenvalue weighted by atomic mass is 35.5.